The largest absolute Gasteiger partial charge is 0.386 e. The Labute approximate surface area is 140 Å². The number of β-amino-alcohol motifs (C(OH)–C–C–N with tert-alkyl or cyclic N) is 1. The second kappa shape index (κ2) is 6.48. The second-order valence-corrected chi connectivity index (χ2v) is 6.16. The normalized spacial score (nSPS) is 20.2. The number of aromatic nitrogens is 4. The zero-order valence-electron chi connectivity index (χ0n) is 13.8. The molecule has 2 aromatic rings. The van der Waals surface area contributed by atoms with Gasteiger partial charge >= 0.3 is 0 Å². The highest BCUT2D eigenvalue weighted by atomic mass is 16.3. The van der Waals surface area contributed by atoms with Gasteiger partial charge in [-0.1, -0.05) is 0 Å². The Morgan fingerprint density at radius 3 is 2.79 bits per heavy atom. The van der Waals surface area contributed by atoms with E-state index in [1.165, 1.54) is 11.1 Å². The summed E-state index contributed by atoms with van der Waals surface area (Å²) in [6.07, 6.45) is 8.47. The van der Waals surface area contributed by atoms with Crippen LogP contribution in [0, 0.1) is 6.92 Å². The SMILES string of the molecule is Cc1cnc(C(=O)N(C)C[C@@]2(O)CCN(c3cnccn3)C2)cn1. The average molecular weight is 328 g/mol. The monoisotopic (exact) mass is 328 g/mol. The zero-order chi connectivity index (χ0) is 17.2. The number of likely N-dealkylation sites (N-methyl/N-ethyl adjacent to an activating group) is 1. The molecule has 2 aromatic heterocycles. The lowest BCUT2D eigenvalue weighted by molar-refractivity contribution is 0.0261. The van der Waals surface area contributed by atoms with Gasteiger partial charge in [-0.05, 0) is 13.3 Å². The van der Waals surface area contributed by atoms with Crippen molar-refractivity contribution < 1.29 is 9.90 Å². The van der Waals surface area contributed by atoms with Gasteiger partial charge in [0.2, 0.25) is 0 Å². The Kier molecular flexibility index (Phi) is 4.39. The van der Waals surface area contributed by atoms with Crippen LogP contribution >= 0.6 is 0 Å². The Morgan fingerprint density at radius 2 is 2.12 bits per heavy atom. The van der Waals surface area contributed by atoms with Gasteiger partial charge < -0.3 is 14.9 Å². The van der Waals surface area contributed by atoms with Crippen LogP contribution in [-0.2, 0) is 0 Å². The lowest BCUT2D eigenvalue weighted by atomic mass is 10.0. The highest BCUT2D eigenvalue weighted by Gasteiger charge is 2.38. The highest BCUT2D eigenvalue weighted by molar-refractivity contribution is 5.91. The summed E-state index contributed by atoms with van der Waals surface area (Å²) in [7, 11) is 1.66. The van der Waals surface area contributed by atoms with E-state index in [1.807, 2.05) is 11.8 Å². The van der Waals surface area contributed by atoms with E-state index in [1.54, 1.807) is 31.8 Å². The van der Waals surface area contributed by atoms with E-state index in [4.69, 9.17) is 0 Å². The zero-order valence-corrected chi connectivity index (χ0v) is 13.8. The number of amides is 1. The van der Waals surface area contributed by atoms with Gasteiger partial charge in [-0.2, -0.15) is 0 Å². The van der Waals surface area contributed by atoms with Crippen LogP contribution < -0.4 is 4.90 Å². The summed E-state index contributed by atoms with van der Waals surface area (Å²) in [5, 5.41) is 10.8. The van der Waals surface area contributed by atoms with Crippen LogP contribution in [-0.4, -0.2) is 68.1 Å². The second-order valence-electron chi connectivity index (χ2n) is 6.16. The lowest BCUT2D eigenvalue weighted by Gasteiger charge is -2.28. The van der Waals surface area contributed by atoms with E-state index >= 15 is 0 Å². The van der Waals surface area contributed by atoms with Crippen LogP contribution in [0.3, 0.4) is 0 Å². The first-order valence-corrected chi connectivity index (χ1v) is 7.74. The molecule has 0 radical (unpaired) electrons. The summed E-state index contributed by atoms with van der Waals surface area (Å²) in [5.74, 6) is 0.473. The molecular formula is C16H20N6O2. The van der Waals surface area contributed by atoms with E-state index in [-0.39, 0.29) is 18.1 Å². The van der Waals surface area contributed by atoms with Gasteiger partial charge in [0, 0.05) is 38.7 Å². The van der Waals surface area contributed by atoms with Gasteiger partial charge in [-0.25, -0.2) is 9.97 Å². The first kappa shape index (κ1) is 16.3. The number of carbonyl (C=O) groups excluding carboxylic acids is 1. The maximum absolute atomic E-state index is 12.4. The van der Waals surface area contributed by atoms with Crippen LogP contribution in [0.2, 0.25) is 0 Å². The number of rotatable bonds is 4. The Morgan fingerprint density at radius 1 is 1.29 bits per heavy atom. The van der Waals surface area contributed by atoms with Crippen molar-refractivity contribution in [1.29, 1.82) is 0 Å². The minimum atomic E-state index is -0.986. The van der Waals surface area contributed by atoms with Crippen LogP contribution in [0.4, 0.5) is 5.82 Å². The van der Waals surface area contributed by atoms with E-state index in [0.717, 1.165) is 11.5 Å². The first-order chi connectivity index (χ1) is 11.5. The predicted octanol–water partition coefficient (Wildman–Crippen LogP) is 0.288. The molecule has 8 nitrogen and oxygen atoms in total. The molecule has 0 spiro atoms. The molecule has 24 heavy (non-hydrogen) atoms. The Hall–Kier alpha value is -2.61. The van der Waals surface area contributed by atoms with Crippen LogP contribution in [0.25, 0.3) is 0 Å². The smallest absolute Gasteiger partial charge is 0.273 e. The van der Waals surface area contributed by atoms with Gasteiger partial charge in [-0.3, -0.25) is 14.8 Å². The molecular weight excluding hydrogens is 308 g/mol. The van der Waals surface area contributed by atoms with Crippen molar-refractivity contribution in [3.8, 4) is 0 Å². The lowest BCUT2D eigenvalue weighted by Crippen LogP contribution is -2.46. The van der Waals surface area contributed by atoms with Crippen LogP contribution in [0.1, 0.15) is 22.6 Å². The molecule has 3 rings (SSSR count). The third kappa shape index (κ3) is 3.48. The number of hydrogen-bond acceptors (Lipinski definition) is 7. The molecule has 1 fully saturated rings. The van der Waals surface area contributed by atoms with E-state index < -0.39 is 5.60 Å². The van der Waals surface area contributed by atoms with Gasteiger partial charge in [0.05, 0.1) is 24.6 Å². The summed E-state index contributed by atoms with van der Waals surface area (Å²) in [6.45, 7) is 3.11. The molecule has 0 bridgehead atoms. The Balaban J connectivity index is 1.64. The van der Waals surface area contributed by atoms with Gasteiger partial charge in [0.1, 0.15) is 17.1 Å². The molecule has 1 aliphatic rings. The molecule has 1 aliphatic heterocycles. The molecule has 0 aliphatic carbocycles. The highest BCUT2D eigenvalue weighted by Crippen LogP contribution is 2.25. The molecule has 1 saturated heterocycles. The molecule has 8 heteroatoms. The molecule has 0 aromatic carbocycles. The molecule has 3 heterocycles. The minimum Gasteiger partial charge on any atom is -0.386 e. The minimum absolute atomic E-state index is 0.220. The van der Waals surface area contributed by atoms with Crippen molar-refractivity contribution in [3.05, 3.63) is 42.4 Å². The number of aryl methyl sites for hydroxylation is 1. The molecule has 1 amide bonds. The van der Waals surface area contributed by atoms with E-state index in [9.17, 15) is 9.90 Å². The maximum atomic E-state index is 12.4. The predicted molar refractivity (Wildman–Crippen MR) is 87.5 cm³/mol. The molecule has 0 unspecified atom stereocenters. The Bertz CT molecular complexity index is 708. The number of aliphatic hydroxyl groups is 1. The van der Waals surface area contributed by atoms with Crippen molar-refractivity contribution >= 4 is 11.7 Å². The van der Waals surface area contributed by atoms with Gasteiger partial charge in [0.15, 0.2) is 0 Å². The van der Waals surface area contributed by atoms with Crippen LogP contribution in [0.15, 0.2) is 31.0 Å². The summed E-state index contributed by atoms with van der Waals surface area (Å²) in [6, 6.07) is 0. The number of anilines is 1. The van der Waals surface area contributed by atoms with E-state index in [0.29, 0.717) is 19.5 Å². The van der Waals surface area contributed by atoms with Crippen molar-refractivity contribution in [3.63, 3.8) is 0 Å². The summed E-state index contributed by atoms with van der Waals surface area (Å²) in [4.78, 5) is 32.3. The van der Waals surface area contributed by atoms with Crippen molar-refractivity contribution in [2.75, 3.05) is 31.6 Å². The fourth-order valence-electron chi connectivity index (χ4n) is 2.85. The third-order valence-electron chi connectivity index (χ3n) is 4.08. The number of hydrogen-bond donors (Lipinski definition) is 1. The number of nitrogens with zero attached hydrogens (tertiary/aromatic N) is 6. The van der Waals surface area contributed by atoms with Crippen molar-refractivity contribution in [2.45, 2.75) is 18.9 Å². The maximum Gasteiger partial charge on any atom is 0.273 e. The summed E-state index contributed by atoms with van der Waals surface area (Å²) in [5.41, 5.74) is 0.0405. The number of carbonyl (C=O) groups is 1. The molecule has 0 saturated carbocycles. The molecule has 126 valence electrons. The summed E-state index contributed by atoms with van der Waals surface area (Å²) >= 11 is 0. The van der Waals surface area contributed by atoms with Crippen molar-refractivity contribution in [2.24, 2.45) is 0 Å². The van der Waals surface area contributed by atoms with Gasteiger partial charge in [0.25, 0.3) is 5.91 Å². The fraction of sp³-hybridized carbons (Fsp3) is 0.438. The van der Waals surface area contributed by atoms with Crippen molar-refractivity contribution in [1.82, 2.24) is 24.8 Å². The van der Waals surface area contributed by atoms with Gasteiger partial charge in [-0.15, -0.1) is 0 Å². The third-order valence-corrected chi connectivity index (χ3v) is 4.08. The summed E-state index contributed by atoms with van der Waals surface area (Å²) < 4.78 is 0. The quantitative estimate of drug-likeness (QED) is 0.861. The average Bonchev–Trinajstić information content (AvgIpc) is 2.97. The molecule has 1 atom stereocenters. The first-order valence-electron chi connectivity index (χ1n) is 7.74. The standard InChI is InChI=1S/C16H20N6O2/c1-12-7-20-13(8-19-12)15(23)21(2)10-16(24)3-6-22(11-16)14-9-17-4-5-18-14/h4-5,7-9,24H,3,6,10-11H2,1-2H3/t16-/m0/s1. The van der Waals surface area contributed by atoms with E-state index in [2.05, 4.69) is 19.9 Å². The topological polar surface area (TPSA) is 95.3 Å². The van der Waals surface area contributed by atoms with Crippen LogP contribution in [0.5, 0.6) is 0 Å². The molecule has 1 N–H and O–H groups in total. The fourth-order valence-corrected chi connectivity index (χ4v) is 2.85.